The van der Waals surface area contributed by atoms with Crippen molar-refractivity contribution in [3.8, 4) is 6.07 Å². The Bertz CT molecular complexity index is 1340. The largest absolute Gasteiger partial charge is 0.441 e. The van der Waals surface area contributed by atoms with Gasteiger partial charge in [-0.2, -0.15) is 5.26 Å². The first-order chi connectivity index (χ1) is 20.8. The van der Waals surface area contributed by atoms with Crippen LogP contribution in [0.2, 0.25) is 0 Å². The summed E-state index contributed by atoms with van der Waals surface area (Å²) < 4.78 is 58.2. The fourth-order valence-electron chi connectivity index (χ4n) is 6.00. The number of piperidine rings is 1. The van der Waals surface area contributed by atoms with Gasteiger partial charge in [-0.05, 0) is 99.5 Å². The van der Waals surface area contributed by atoms with E-state index in [1.807, 2.05) is 0 Å². The van der Waals surface area contributed by atoms with Gasteiger partial charge in [0.25, 0.3) is 0 Å². The highest BCUT2D eigenvalue weighted by molar-refractivity contribution is 5.93. The number of hydrogen-bond donors (Lipinski definition) is 1. The van der Waals surface area contributed by atoms with Crippen LogP contribution in [0.3, 0.4) is 0 Å². The molecule has 2 aromatic carbocycles. The van der Waals surface area contributed by atoms with Crippen molar-refractivity contribution in [2.24, 2.45) is 0 Å². The minimum Gasteiger partial charge on any atom is -0.441 e. The molecule has 0 aliphatic carbocycles. The molecule has 5 rings (SSSR count). The summed E-state index contributed by atoms with van der Waals surface area (Å²) in [5, 5.41) is 12.1. The second-order valence-electron chi connectivity index (χ2n) is 11.1. The highest BCUT2D eigenvalue weighted by atomic mass is 19.2. The van der Waals surface area contributed by atoms with Gasteiger partial charge in [-0.3, -0.25) is 0 Å². The lowest BCUT2D eigenvalue weighted by Gasteiger charge is -2.32. The summed E-state index contributed by atoms with van der Waals surface area (Å²) in [7, 11) is 0. The smallest absolute Gasteiger partial charge is 0.419 e. The van der Waals surface area contributed by atoms with E-state index >= 15 is 0 Å². The molecule has 1 unspecified atom stereocenters. The number of likely N-dealkylation sites (tertiary alicyclic amines) is 1. The number of ether oxygens (including phenoxy) is 3. The number of nitriles is 1. The average molecular weight is 601 g/mol. The minimum atomic E-state index is -1.10. The molecule has 3 amide bonds. The molecule has 43 heavy (non-hydrogen) atoms. The molecule has 3 atom stereocenters. The fourth-order valence-corrected chi connectivity index (χ4v) is 6.00. The van der Waals surface area contributed by atoms with Gasteiger partial charge in [0.2, 0.25) is 0 Å². The molecule has 0 spiro atoms. The van der Waals surface area contributed by atoms with E-state index in [0.29, 0.717) is 31.6 Å². The zero-order valence-corrected chi connectivity index (χ0v) is 23.8. The predicted octanol–water partition coefficient (Wildman–Crippen LogP) is 5.36. The number of carbonyl (C=O) groups is 2. The van der Waals surface area contributed by atoms with Crippen LogP contribution in [-0.2, 0) is 14.2 Å². The molecule has 230 valence electrons. The minimum absolute atomic E-state index is 0.0758. The standard InChI is InChI=1S/C31H35F3N4O5/c32-23-6-7-24(22(16-23)18-35)20-9-13-37(14-10-20)12-3-11-36-30(39)38-29(21-5-8-25(33)26(34)17-21)27(43-31(38)40)19-42-28-4-1-2-15-41-28/h5-8,16-17,20,27-29H,1-4,9-15,19H2,(H,36,39)/t27-,28?,29-/m0/s1. The average Bonchev–Trinajstić information content (AvgIpc) is 3.36. The Morgan fingerprint density at radius 2 is 1.88 bits per heavy atom. The number of nitrogens with zero attached hydrogens (tertiary/aromatic N) is 3. The van der Waals surface area contributed by atoms with Gasteiger partial charge >= 0.3 is 12.1 Å². The number of hydrogen-bond acceptors (Lipinski definition) is 7. The van der Waals surface area contributed by atoms with Crippen LogP contribution >= 0.6 is 0 Å². The van der Waals surface area contributed by atoms with Crippen molar-refractivity contribution in [3.05, 3.63) is 70.5 Å². The van der Waals surface area contributed by atoms with Crippen molar-refractivity contribution in [1.29, 1.82) is 5.26 Å². The molecule has 0 bridgehead atoms. The molecule has 3 saturated heterocycles. The molecule has 0 saturated carbocycles. The van der Waals surface area contributed by atoms with Gasteiger partial charge in [0, 0.05) is 13.2 Å². The number of cyclic esters (lactones) is 1. The number of halogens is 3. The molecule has 12 heteroatoms. The number of benzene rings is 2. The van der Waals surface area contributed by atoms with Crippen LogP contribution in [0.4, 0.5) is 22.8 Å². The number of urea groups is 1. The Labute approximate surface area is 248 Å². The Morgan fingerprint density at radius 1 is 1.07 bits per heavy atom. The van der Waals surface area contributed by atoms with E-state index in [4.69, 9.17) is 14.2 Å². The van der Waals surface area contributed by atoms with Crippen LogP contribution < -0.4 is 5.32 Å². The molecule has 1 N–H and O–H groups in total. The molecule has 3 fully saturated rings. The van der Waals surface area contributed by atoms with Gasteiger partial charge < -0.3 is 24.4 Å². The number of nitrogens with one attached hydrogen (secondary N) is 1. The van der Waals surface area contributed by atoms with Crippen molar-refractivity contribution < 1.29 is 37.0 Å². The number of imide groups is 1. The Hall–Kier alpha value is -3.66. The number of rotatable bonds is 9. The molecule has 9 nitrogen and oxygen atoms in total. The van der Waals surface area contributed by atoms with Crippen LogP contribution in [-0.4, -0.2) is 73.7 Å². The maximum absolute atomic E-state index is 14.2. The van der Waals surface area contributed by atoms with E-state index < -0.39 is 48.0 Å². The molecular weight excluding hydrogens is 565 g/mol. The van der Waals surface area contributed by atoms with E-state index in [1.165, 1.54) is 18.2 Å². The molecule has 3 aliphatic rings. The molecule has 0 aromatic heterocycles. The third-order valence-corrected chi connectivity index (χ3v) is 8.26. The van der Waals surface area contributed by atoms with Crippen LogP contribution in [0.15, 0.2) is 36.4 Å². The summed E-state index contributed by atoms with van der Waals surface area (Å²) in [5.41, 5.74) is 1.46. The van der Waals surface area contributed by atoms with E-state index in [1.54, 1.807) is 6.07 Å². The topological polar surface area (TPSA) is 104 Å². The third-order valence-electron chi connectivity index (χ3n) is 8.26. The molecule has 0 radical (unpaired) electrons. The van der Waals surface area contributed by atoms with Crippen LogP contribution in [0, 0.1) is 28.8 Å². The monoisotopic (exact) mass is 600 g/mol. The van der Waals surface area contributed by atoms with E-state index in [0.717, 1.165) is 61.4 Å². The lowest BCUT2D eigenvalue weighted by Crippen LogP contribution is -2.44. The quantitative estimate of drug-likeness (QED) is 0.387. The van der Waals surface area contributed by atoms with Crippen molar-refractivity contribution in [2.45, 2.75) is 62.9 Å². The van der Waals surface area contributed by atoms with Gasteiger partial charge in [0.1, 0.15) is 11.9 Å². The SMILES string of the molecule is N#Cc1cc(F)ccc1C1CCN(CCCNC(=O)N2C(=O)O[C@@H](COC3CCCCO3)[C@@H]2c2ccc(F)c(F)c2)CC1. The van der Waals surface area contributed by atoms with Gasteiger partial charge in [-0.25, -0.2) is 27.7 Å². The van der Waals surface area contributed by atoms with E-state index in [2.05, 4.69) is 16.3 Å². The van der Waals surface area contributed by atoms with E-state index in [-0.39, 0.29) is 24.6 Å². The normalized spacial score (nSPS) is 23.2. The summed E-state index contributed by atoms with van der Waals surface area (Å²) in [6.07, 6.45) is 2.53. The highest BCUT2D eigenvalue weighted by Gasteiger charge is 2.47. The van der Waals surface area contributed by atoms with Crippen molar-refractivity contribution in [3.63, 3.8) is 0 Å². The lowest BCUT2D eigenvalue weighted by atomic mass is 9.86. The fraction of sp³-hybridized carbons (Fsp3) is 0.516. The predicted molar refractivity (Wildman–Crippen MR) is 148 cm³/mol. The van der Waals surface area contributed by atoms with Crippen LogP contribution in [0.5, 0.6) is 0 Å². The molecule has 2 aromatic rings. The van der Waals surface area contributed by atoms with Gasteiger partial charge in [-0.1, -0.05) is 12.1 Å². The Morgan fingerprint density at radius 3 is 2.60 bits per heavy atom. The second kappa shape index (κ2) is 14.2. The summed E-state index contributed by atoms with van der Waals surface area (Å²) in [4.78, 5) is 29.2. The number of carbonyl (C=O) groups excluding carboxylic acids is 2. The Kier molecular flexibility index (Phi) is 10.2. The third kappa shape index (κ3) is 7.47. The van der Waals surface area contributed by atoms with Crippen molar-refractivity contribution >= 4 is 12.1 Å². The van der Waals surface area contributed by atoms with Crippen molar-refractivity contribution in [2.75, 3.05) is 39.4 Å². The summed E-state index contributed by atoms with van der Waals surface area (Å²) in [6, 6.07) is 7.96. The lowest BCUT2D eigenvalue weighted by molar-refractivity contribution is -0.174. The molecule has 3 aliphatic heterocycles. The molecular formula is C31H35F3N4O5. The first-order valence-electron chi connectivity index (χ1n) is 14.7. The van der Waals surface area contributed by atoms with E-state index in [9.17, 15) is 28.0 Å². The highest BCUT2D eigenvalue weighted by Crippen LogP contribution is 2.35. The summed E-state index contributed by atoms with van der Waals surface area (Å²) in [6.45, 7) is 3.06. The van der Waals surface area contributed by atoms with Gasteiger partial charge in [0.15, 0.2) is 24.0 Å². The van der Waals surface area contributed by atoms with Gasteiger partial charge in [-0.15, -0.1) is 0 Å². The maximum atomic E-state index is 14.2. The zero-order chi connectivity index (χ0) is 30.3. The summed E-state index contributed by atoms with van der Waals surface area (Å²) >= 11 is 0. The van der Waals surface area contributed by atoms with Crippen molar-refractivity contribution in [1.82, 2.24) is 15.1 Å². The first-order valence-corrected chi connectivity index (χ1v) is 14.7. The number of amides is 3. The second-order valence-corrected chi connectivity index (χ2v) is 11.1. The maximum Gasteiger partial charge on any atom is 0.419 e. The zero-order valence-electron chi connectivity index (χ0n) is 23.8. The van der Waals surface area contributed by atoms with Crippen LogP contribution in [0.25, 0.3) is 0 Å². The van der Waals surface area contributed by atoms with Gasteiger partial charge in [0.05, 0.1) is 18.2 Å². The first kappa shape index (κ1) is 30.8. The molecule has 3 heterocycles. The summed E-state index contributed by atoms with van der Waals surface area (Å²) in [5.74, 6) is -2.38. The van der Waals surface area contributed by atoms with Crippen LogP contribution in [0.1, 0.15) is 67.2 Å². The Balaban J connectivity index is 1.14.